The Morgan fingerprint density at radius 2 is 2.08 bits per heavy atom. The van der Waals surface area contributed by atoms with Crippen molar-refractivity contribution in [3.05, 3.63) is 81.3 Å². The van der Waals surface area contributed by atoms with E-state index in [4.69, 9.17) is 16.3 Å². The summed E-state index contributed by atoms with van der Waals surface area (Å²) in [4.78, 5) is 16.5. The molecule has 4 nitrogen and oxygen atoms in total. The van der Waals surface area contributed by atoms with Crippen molar-refractivity contribution in [1.29, 1.82) is 0 Å². The first-order valence-electron chi connectivity index (χ1n) is 7.78. The Morgan fingerprint density at radius 3 is 2.76 bits per heavy atom. The van der Waals surface area contributed by atoms with Gasteiger partial charge in [0.05, 0.1) is 17.2 Å². The minimum Gasteiger partial charge on any atom is -0.487 e. The molecule has 128 valence electrons. The molecule has 0 spiro atoms. The van der Waals surface area contributed by atoms with Crippen LogP contribution in [0.25, 0.3) is 0 Å². The minimum atomic E-state index is -0.140. The molecular weight excluding hydrogens is 356 g/mol. The zero-order chi connectivity index (χ0) is 17.6. The summed E-state index contributed by atoms with van der Waals surface area (Å²) in [6.07, 6.45) is 0. The van der Waals surface area contributed by atoms with Crippen molar-refractivity contribution in [1.82, 2.24) is 10.3 Å². The number of amides is 1. The number of ether oxygens (including phenoxy) is 1. The number of nitrogens with one attached hydrogen (secondary N) is 1. The van der Waals surface area contributed by atoms with Gasteiger partial charge in [-0.3, -0.25) is 4.79 Å². The summed E-state index contributed by atoms with van der Waals surface area (Å²) in [6.45, 7) is 2.34. The van der Waals surface area contributed by atoms with E-state index in [1.807, 2.05) is 36.6 Å². The fourth-order valence-electron chi connectivity index (χ4n) is 2.31. The molecule has 25 heavy (non-hydrogen) atoms. The predicted molar refractivity (Wildman–Crippen MR) is 100 cm³/mol. The maximum atomic E-state index is 12.4. The Morgan fingerprint density at radius 1 is 1.28 bits per heavy atom. The van der Waals surface area contributed by atoms with Crippen molar-refractivity contribution >= 4 is 28.8 Å². The van der Waals surface area contributed by atoms with E-state index in [9.17, 15) is 4.79 Å². The lowest BCUT2D eigenvalue weighted by Gasteiger charge is -2.15. The van der Waals surface area contributed by atoms with Crippen molar-refractivity contribution < 1.29 is 9.53 Å². The number of thiazole rings is 1. The second-order valence-corrected chi connectivity index (χ2v) is 6.70. The van der Waals surface area contributed by atoms with Crippen LogP contribution in [0.5, 0.6) is 5.75 Å². The molecule has 0 fully saturated rings. The molecule has 6 heteroatoms. The number of benzene rings is 2. The van der Waals surface area contributed by atoms with Crippen LogP contribution in [0, 0.1) is 0 Å². The smallest absolute Gasteiger partial charge is 0.251 e. The van der Waals surface area contributed by atoms with Crippen LogP contribution in [0.15, 0.2) is 59.4 Å². The monoisotopic (exact) mass is 372 g/mol. The van der Waals surface area contributed by atoms with Gasteiger partial charge in [0.1, 0.15) is 12.4 Å². The van der Waals surface area contributed by atoms with Crippen LogP contribution < -0.4 is 10.1 Å². The van der Waals surface area contributed by atoms with E-state index < -0.39 is 0 Å². The topological polar surface area (TPSA) is 51.2 Å². The van der Waals surface area contributed by atoms with Crippen molar-refractivity contribution in [3.63, 3.8) is 0 Å². The van der Waals surface area contributed by atoms with E-state index in [-0.39, 0.29) is 11.9 Å². The lowest BCUT2D eigenvalue weighted by molar-refractivity contribution is 0.0940. The highest BCUT2D eigenvalue weighted by Crippen LogP contribution is 2.19. The molecular formula is C19H17ClN2O2S. The van der Waals surface area contributed by atoms with E-state index in [0.29, 0.717) is 22.9 Å². The summed E-state index contributed by atoms with van der Waals surface area (Å²) >= 11 is 7.53. The van der Waals surface area contributed by atoms with E-state index in [1.165, 1.54) is 11.3 Å². The zero-order valence-electron chi connectivity index (χ0n) is 13.6. The van der Waals surface area contributed by atoms with Crippen LogP contribution in [-0.4, -0.2) is 10.9 Å². The molecule has 1 N–H and O–H groups in total. The van der Waals surface area contributed by atoms with E-state index >= 15 is 0 Å². The van der Waals surface area contributed by atoms with E-state index in [0.717, 1.165) is 11.3 Å². The Kier molecular flexibility index (Phi) is 5.68. The van der Waals surface area contributed by atoms with Gasteiger partial charge in [-0.15, -0.1) is 11.3 Å². The summed E-state index contributed by atoms with van der Waals surface area (Å²) < 4.78 is 5.65. The molecule has 1 amide bonds. The number of halogens is 1. The van der Waals surface area contributed by atoms with Crippen LogP contribution in [0.2, 0.25) is 5.02 Å². The van der Waals surface area contributed by atoms with Gasteiger partial charge in [0.15, 0.2) is 0 Å². The molecule has 2 aromatic carbocycles. The fraction of sp³-hybridized carbons (Fsp3) is 0.158. The largest absolute Gasteiger partial charge is 0.487 e. The predicted octanol–water partition coefficient (Wildman–Crippen LogP) is 4.87. The maximum Gasteiger partial charge on any atom is 0.251 e. The standard InChI is InChI=1S/C19H17ClN2O2S/c1-13(15-3-2-4-16(20)9-15)22-19(23)14-5-7-18(8-6-14)24-10-17-11-25-12-21-17/h2-9,11-13H,10H2,1H3,(H,22,23)/t13-/m1/s1. The number of carbonyl (C=O) groups excluding carboxylic acids is 1. The van der Waals surface area contributed by atoms with Gasteiger partial charge >= 0.3 is 0 Å². The highest BCUT2D eigenvalue weighted by molar-refractivity contribution is 7.07. The number of rotatable bonds is 6. The first-order valence-corrected chi connectivity index (χ1v) is 9.10. The Labute approximate surface area is 155 Å². The summed E-state index contributed by atoms with van der Waals surface area (Å²) in [5, 5.41) is 5.56. The van der Waals surface area contributed by atoms with Crippen LogP contribution in [0.3, 0.4) is 0 Å². The molecule has 1 atom stereocenters. The molecule has 3 aromatic rings. The highest BCUT2D eigenvalue weighted by atomic mass is 35.5. The van der Waals surface area contributed by atoms with Crippen LogP contribution in [0.1, 0.15) is 34.6 Å². The average molecular weight is 373 g/mol. The molecule has 0 bridgehead atoms. The number of aromatic nitrogens is 1. The van der Waals surface area contributed by atoms with Gasteiger partial charge in [-0.1, -0.05) is 23.7 Å². The summed E-state index contributed by atoms with van der Waals surface area (Å²) in [5.41, 5.74) is 4.20. The van der Waals surface area contributed by atoms with Gasteiger partial charge in [-0.2, -0.15) is 0 Å². The minimum absolute atomic E-state index is 0.133. The second-order valence-electron chi connectivity index (χ2n) is 5.54. The third-order valence-corrected chi connectivity index (χ3v) is 4.55. The molecule has 1 heterocycles. The molecule has 0 radical (unpaired) electrons. The van der Waals surface area contributed by atoms with Crippen molar-refractivity contribution in [3.8, 4) is 5.75 Å². The van der Waals surface area contributed by atoms with Crippen molar-refractivity contribution in [2.45, 2.75) is 19.6 Å². The quantitative estimate of drug-likeness (QED) is 0.671. The number of hydrogen-bond acceptors (Lipinski definition) is 4. The van der Waals surface area contributed by atoms with E-state index in [2.05, 4.69) is 10.3 Å². The number of hydrogen-bond donors (Lipinski definition) is 1. The van der Waals surface area contributed by atoms with Crippen LogP contribution >= 0.6 is 22.9 Å². The van der Waals surface area contributed by atoms with Gasteiger partial charge in [0.25, 0.3) is 5.91 Å². The number of nitrogens with zero attached hydrogens (tertiary/aromatic N) is 1. The molecule has 1 aromatic heterocycles. The normalized spacial score (nSPS) is 11.8. The Bertz CT molecular complexity index is 835. The molecule has 0 aliphatic carbocycles. The maximum absolute atomic E-state index is 12.4. The molecule has 3 rings (SSSR count). The average Bonchev–Trinajstić information content (AvgIpc) is 3.14. The highest BCUT2D eigenvalue weighted by Gasteiger charge is 2.12. The van der Waals surface area contributed by atoms with Crippen LogP contribution in [-0.2, 0) is 6.61 Å². The summed E-state index contributed by atoms with van der Waals surface area (Å²) in [7, 11) is 0. The van der Waals surface area contributed by atoms with Crippen LogP contribution in [0.4, 0.5) is 0 Å². The molecule has 0 saturated carbocycles. The molecule has 0 aliphatic heterocycles. The van der Waals surface area contributed by atoms with Gasteiger partial charge in [0, 0.05) is 16.0 Å². The van der Waals surface area contributed by atoms with Crippen molar-refractivity contribution in [2.75, 3.05) is 0 Å². The first-order chi connectivity index (χ1) is 12.1. The molecule has 0 saturated heterocycles. The fourth-order valence-corrected chi connectivity index (χ4v) is 3.05. The van der Waals surface area contributed by atoms with E-state index in [1.54, 1.807) is 29.8 Å². The number of carbonyl (C=O) groups is 1. The third-order valence-electron chi connectivity index (χ3n) is 3.68. The summed E-state index contributed by atoms with van der Waals surface area (Å²) in [6, 6.07) is 14.4. The molecule has 0 unspecified atom stereocenters. The van der Waals surface area contributed by atoms with Gasteiger partial charge in [-0.05, 0) is 48.9 Å². The van der Waals surface area contributed by atoms with Gasteiger partial charge in [-0.25, -0.2) is 4.98 Å². The van der Waals surface area contributed by atoms with Gasteiger partial charge in [0.2, 0.25) is 0 Å². The second kappa shape index (κ2) is 8.14. The Hall–Kier alpha value is -2.37. The summed E-state index contributed by atoms with van der Waals surface area (Å²) in [5.74, 6) is 0.561. The lowest BCUT2D eigenvalue weighted by atomic mass is 10.1. The third kappa shape index (κ3) is 4.81. The Balaban J connectivity index is 1.58. The molecule has 0 aliphatic rings. The zero-order valence-corrected chi connectivity index (χ0v) is 15.2. The lowest BCUT2D eigenvalue weighted by Crippen LogP contribution is -2.26. The van der Waals surface area contributed by atoms with Gasteiger partial charge < -0.3 is 10.1 Å². The van der Waals surface area contributed by atoms with Crippen molar-refractivity contribution in [2.24, 2.45) is 0 Å². The SMILES string of the molecule is C[C@@H](NC(=O)c1ccc(OCc2cscn2)cc1)c1cccc(Cl)c1. The first kappa shape index (κ1) is 17.5.